The summed E-state index contributed by atoms with van der Waals surface area (Å²) in [6.07, 6.45) is 7.32. The van der Waals surface area contributed by atoms with Gasteiger partial charge in [-0.25, -0.2) is 0 Å². The van der Waals surface area contributed by atoms with Gasteiger partial charge in [-0.2, -0.15) is 10.1 Å². The highest BCUT2D eigenvalue weighted by Gasteiger charge is 2.29. The van der Waals surface area contributed by atoms with Crippen molar-refractivity contribution in [3.8, 4) is 0 Å². The van der Waals surface area contributed by atoms with Gasteiger partial charge < -0.3 is 4.52 Å². The van der Waals surface area contributed by atoms with E-state index in [9.17, 15) is 0 Å². The number of hydrogen-bond acceptors (Lipinski definition) is 5. The topological polar surface area (TPSA) is 60.0 Å². The Bertz CT molecular complexity index is 855. The molecule has 4 rings (SSSR count). The first-order valence-corrected chi connectivity index (χ1v) is 9.82. The highest BCUT2D eigenvalue weighted by atomic mass is 16.5. The lowest BCUT2D eigenvalue weighted by molar-refractivity contribution is 0.111. The Balaban J connectivity index is 1.55. The monoisotopic (exact) mass is 365 g/mol. The van der Waals surface area contributed by atoms with Crippen molar-refractivity contribution in [3.05, 3.63) is 65.6 Å². The van der Waals surface area contributed by atoms with Crippen LogP contribution in [0.1, 0.15) is 67.9 Å². The number of nitrogens with zero attached hydrogens (tertiary/aromatic N) is 5. The average Bonchev–Trinajstić information content (AvgIpc) is 3.36. The molecule has 0 radical (unpaired) electrons. The molecule has 1 saturated heterocycles. The first-order chi connectivity index (χ1) is 13.2. The molecule has 0 aliphatic carbocycles. The van der Waals surface area contributed by atoms with Gasteiger partial charge in [0.15, 0.2) is 5.82 Å². The Labute approximate surface area is 160 Å². The van der Waals surface area contributed by atoms with Gasteiger partial charge in [0.2, 0.25) is 5.89 Å². The normalized spacial score (nSPS) is 18.3. The van der Waals surface area contributed by atoms with Gasteiger partial charge in [0.25, 0.3) is 0 Å². The number of hydrogen-bond donors (Lipinski definition) is 0. The van der Waals surface area contributed by atoms with Crippen molar-refractivity contribution >= 4 is 0 Å². The fraction of sp³-hybridized carbons (Fsp3) is 0.476. The zero-order valence-corrected chi connectivity index (χ0v) is 16.1. The standard InChI is InChI=1S/C21H27N5O/c1-16(2)20-23-21(27-24-20)19-10-5-6-12-25(19)14-17-8-3-4-9-18(17)15-26-13-7-11-22-26/h3-4,7-9,11,13,16,19H,5-6,10,12,14-15H2,1-2H3/t19-/m0/s1. The Kier molecular flexibility index (Phi) is 5.34. The van der Waals surface area contributed by atoms with Gasteiger partial charge in [-0.15, -0.1) is 0 Å². The molecule has 0 unspecified atom stereocenters. The van der Waals surface area contributed by atoms with E-state index < -0.39 is 0 Å². The highest BCUT2D eigenvalue weighted by Crippen LogP contribution is 2.32. The van der Waals surface area contributed by atoms with Crippen LogP contribution in [0.25, 0.3) is 0 Å². The fourth-order valence-corrected chi connectivity index (χ4v) is 3.73. The summed E-state index contributed by atoms with van der Waals surface area (Å²) in [5.41, 5.74) is 2.64. The second kappa shape index (κ2) is 8.05. The SMILES string of the molecule is CC(C)c1noc([C@@H]2CCCCN2Cc2ccccc2Cn2cccn2)n1. The third-order valence-electron chi connectivity index (χ3n) is 5.26. The van der Waals surface area contributed by atoms with E-state index >= 15 is 0 Å². The lowest BCUT2D eigenvalue weighted by Crippen LogP contribution is -2.33. The van der Waals surface area contributed by atoms with Crippen molar-refractivity contribution in [1.82, 2.24) is 24.8 Å². The van der Waals surface area contributed by atoms with Crippen LogP contribution in [0.3, 0.4) is 0 Å². The molecule has 6 nitrogen and oxygen atoms in total. The minimum Gasteiger partial charge on any atom is -0.338 e. The van der Waals surface area contributed by atoms with Crippen molar-refractivity contribution in [1.29, 1.82) is 0 Å². The zero-order chi connectivity index (χ0) is 18.6. The lowest BCUT2D eigenvalue weighted by Gasteiger charge is -2.33. The van der Waals surface area contributed by atoms with Gasteiger partial charge in [0, 0.05) is 24.9 Å². The van der Waals surface area contributed by atoms with Crippen molar-refractivity contribution in [3.63, 3.8) is 0 Å². The Morgan fingerprint density at radius 1 is 1.11 bits per heavy atom. The van der Waals surface area contributed by atoms with E-state index in [4.69, 9.17) is 4.52 Å². The minimum atomic E-state index is 0.205. The van der Waals surface area contributed by atoms with E-state index in [1.807, 2.05) is 23.1 Å². The van der Waals surface area contributed by atoms with Crippen LogP contribution in [0.4, 0.5) is 0 Å². The first kappa shape index (κ1) is 17.9. The third kappa shape index (κ3) is 4.11. The number of piperidine rings is 1. The molecule has 1 atom stereocenters. The van der Waals surface area contributed by atoms with Crippen molar-refractivity contribution in [2.75, 3.05) is 6.54 Å². The van der Waals surface area contributed by atoms with E-state index in [1.54, 1.807) is 0 Å². The first-order valence-electron chi connectivity index (χ1n) is 9.82. The maximum Gasteiger partial charge on any atom is 0.244 e. The van der Waals surface area contributed by atoms with E-state index in [0.717, 1.165) is 37.8 Å². The average molecular weight is 365 g/mol. The predicted molar refractivity (Wildman–Crippen MR) is 103 cm³/mol. The van der Waals surface area contributed by atoms with Crippen molar-refractivity contribution < 1.29 is 4.52 Å². The molecule has 3 heterocycles. The van der Waals surface area contributed by atoms with Crippen LogP contribution in [0, 0.1) is 0 Å². The van der Waals surface area contributed by atoms with E-state index in [0.29, 0.717) is 0 Å². The summed E-state index contributed by atoms with van der Waals surface area (Å²) in [6.45, 7) is 6.93. The Hall–Kier alpha value is -2.47. The molecule has 1 aliphatic heterocycles. The largest absolute Gasteiger partial charge is 0.338 e. The summed E-state index contributed by atoms with van der Waals surface area (Å²) in [7, 11) is 0. The van der Waals surface area contributed by atoms with Crippen LogP contribution in [0.5, 0.6) is 0 Å². The maximum absolute atomic E-state index is 5.63. The van der Waals surface area contributed by atoms with Gasteiger partial charge in [-0.1, -0.05) is 49.7 Å². The molecule has 6 heteroatoms. The van der Waals surface area contributed by atoms with Gasteiger partial charge in [-0.05, 0) is 36.6 Å². The number of aromatic nitrogens is 4. The maximum atomic E-state index is 5.63. The molecule has 1 aromatic carbocycles. The molecule has 0 saturated carbocycles. The Morgan fingerprint density at radius 3 is 2.63 bits per heavy atom. The molecular formula is C21H27N5O. The quantitative estimate of drug-likeness (QED) is 0.656. The van der Waals surface area contributed by atoms with Crippen LogP contribution in [0.15, 0.2) is 47.2 Å². The van der Waals surface area contributed by atoms with Gasteiger partial charge in [-0.3, -0.25) is 9.58 Å². The van der Waals surface area contributed by atoms with Gasteiger partial charge in [0.1, 0.15) is 0 Å². The summed E-state index contributed by atoms with van der Waals surface area (Å²) in [5, 5.41) is 8.53. The molecule has 3 aromatic rings. The summed E-state index contributed by atoms with van der Waals surface area (Å²) >= 11 is 0. The van der Waals surface area contributed by atoms with Crippen LogP contribution >= 0.6 is 0 Å². The van der Waals surface area contributed by atoms with Gasteiger partial charge >= 0.3 is 0 Å². The van der Waals surface area contributed by atoms with Crippen LogP contribution < -0.4 is 0 Å². The fourth-order valence-electron chi connectivity index (χ4n) is 3.73. The smallest absolute Gasteiger partial charge is 0.244 e. The Morgan fingerprint density at radius 2 is 1.93 bits per heavy atom. The molecule has 1 aliphatic rings. The summed E-state index contributed by atoms with van der Waals surface area (Å²) < 4.78 is 7.60. The molecule has 0 amide bonds. The summed E-state index contributed by atoms with van der Waals surface area (Å²) in [4.78, 5) is 7.16. The predicted octanol–water partition coefficient (Wildman–Crippen LogP) is 4.17. The molecule has 0 N–H and O–H groups in total. The van der Waals surface area contributed by atoms with Crippen molar-refractivity contribution in [2.45, 2.75) is 58.2 Å². The number of benzene rings is 1. The zero-order valence-electron chi connectivity index (χ0n) is 16.1. The molecular weight excluding hydrogens is 338 g/mol. The van der Waals surface area contributed by atoms with E-state index in [1.165, 1.54) is 24.0 Å². The second-order valence-electron chi connectivity index (χ2n) is 7.60. The van der Waals surface area contributed by atoms with E-state index in [-0.39, 0.29) is 12.0 Å². The van der Waals surface area contributed by atoms with Gasteiger partial charge in [0.05, 0.1) is 12.6 Å². The minimum absolute atomic E-state index is 0.205. The highest BCUT2D eigenvalue weighted by molar-refractivity contribution is 5.27. The van der Waals surface area contributed by atoms with Crippen molar-refractivity contribution in [2.24, 2.45) is 0 Å². The van der Waals surface area contributed by atoms with Crippen LogP contribution in [-0.4, -0.2) is 31.4 Å². The van der Waals surface area contributed by atoms with Crippen LogP contribution in [0.2, 0.25) is 0 Å². The molecule has 0 bridgehead atoms. The summed E-state index contributed by atoms with van der Waals surface area (Å²) in [5.74, 6) is 1.85. The molecule has 1 fully saturated rings. The molecule has 0 spiro atoms. The number of likely N-dealkylation sites (tertiary alicyclic amines) is 1. The lowest BCUT2D eigenvalue weighted by atomic mass is 9.99. The van der Waals surface area contributed by atoms with Crippen LogP contribution in [-0.2, 0) is 13.1 Å². The van der Waals surface area contributed by atoms with E-state index in [2.05, 4.69) is 58.3 Å². The molecule has 142 valence electrons. The molecule has 27 heavy (non-hydrogen) atoms. The number of rotatable bonds is 6. The second-order valence-corrected chi connectivity index (χ2v) is 7.60. The molecule has 2 aromatic heterocycles. The third-order valence-corrected chi connectivity index (χ3v) is 5.26. The summed E-state index contributed by atoms with van der Waals surface area (Å²) in [6, 6.07) is 10.8.